The molecule has 2 aromatic rings. The number of anilines is 1. The second kappa shape index (κ2) is 9.43. The van der Waals surface area contributed by atoms with Crippen molar-refractivity contribution < 1.29 is 17.9 Å². The van der Waals surface area contributed by atoms with Crippen molar-refractivity contribution in [1.82, 2.24) is 4.31 Å². The first-order valence-corrected chi connectivity index (χ1v) is 11.1. The Balaban J connectivity index is 1.64. The van der Waals surface area contributed by atoms with Gasteiger partial charge in [-0.15, -0.1) is 0 Å². The number of ether oxygens (including phenoxy) is 1. The van der Waals surface area contributed by atoms with Crippen LogP contribution in [0.4, 0.5) is 5.69 Å². The molecule has 3 rings (SSSR count). The number of hydrogen-bond acceptors (Lipinski definition) is 4. The fourth-order valence-electron chi connectivity index (χ4n) is 3.16. The zero-order chi connectivity index (χ0) is 20.9. The molecule has 1 N–H and O–H groups in total. The first-order valence-electron chi connectivity index (χ1n) is 9.30. The molecule has 29 heavy (non-hydrogen) atoms. The van der Waals surface area contributed by atoms with Crippen LogP contribution in [0.2, 0.25) is 5.02 Å². The Morgan fingerprint density at radius 3 is 2.55 bits per heavy atom. The van der Waals surface area contributed by atoms with E-state index in [1.165, 1.54) is 16.4 Å². The van der Waals surface area contributed by atoms with Crippen molar-refractivity contribution in [1.29, 1.82) is 0 Å². The van der Waals surface area contributed by atoms with Gasteiger partial charge in [0.1, 0.15) is 12.4 Å². The molecular formula is C21H23ClN2O4S. The summed E-state index contributed by atoms with van der Waals surface area (Å²) in [5, 5.41) is 3.33. The van der Waals surface area contributed by atoms with Crippen molar-refractivity contribution in [2.75, 3.05) is 25.0 Å². The molecule has 0 saturated carbocycles. The maximum absolute atomic E-state index is 12.9. The molecular weight excluding hydrogens is 412 g/mol. The van der Waals surface area contributed by atoms with Crippen molar-refractivity contribution in [3.63, 3.8) is 0 Å². The molecule has 1 heterocycles. The fraction of sp³-hybridized carbons (Fsp3) is 0.286. The van der Waals surface area contributed by atoms with Crippen molar-refractivity contribution in [2.24, 2.45) is 5.92 Å². The number of benzene rings is 2. The number of piperidine rings is 1. The molecule has 8 heteroatoms. The Hall–Kier alpha value is -2.35. The predicted molar refractivity (Wildman–Crippen MR) is 114 cm³/mol. The number of nitrogens with zero attached hydrogens (tertiary/aromatic N) is 1. The summed E-state index contributed by atoms with van der Waals surface area (Å²) in [5.41, 5.74) is 0.638. The Kier molecular flexibility index (Phi) is 6.95. The first kappa shape index (κ1) is 21.4. The number of amides is 1. The summed E-state index contributed by atoms with van der Waals surface area (Å²) < 4.78 is 32.5. The lowest BCUT2D eigenvalue weighted by Crippen LogP contribution is -2.43. The minimum absolute atomic E-state index is 0.150. The van der Waals surface area contributed by atoms with E-state index in [4.69, 9.17) is 16.3 Å². The molecule has 0 spiro atoms. The highest BCUT2D eigenvalue weighted by molar-refractivity contribution is 7.89. The second-order valence-corrected chi connectivity index (χ2v) is 9.14. The Labute approximate surface area is 176 Å². The third kappa shape index (κ3) is 5.38. The second-order valence-electron chi connectivity index (χ2n) is 6.77. The van der Waals surface area contributed by atoms with Crippen LogP contribution in [0.5, 0.6) is 5.75 Å². The average Bonchev–Trinajstić information content (AvgIpc) is 2.73. The lowest BCUT2D eigenvalue weighted by Gasteiger charge is -2.31. The van der Waals surface area contributed by atoms with Crippen molar-refractivity contribution in [2.45, 2.75) is 17.7 Å². The van der Waals surface area contributed by atoms with Crippen LogP contribution in [0.3, 0.4) is 0 Å². The Morgan fingerprint density at radius 2 is 1.90 bits per heavy atom. The minimum atomic E-state index is -3.66. The molecule has 1 atom stereocenters. The molecule has 1 amide bonds. The highest BCUT2D eigenvalue weighted by Crippen LogP contribution is 2.26. The Bertz CT molecular complexity index is 959. The summed E-state index contributed by atoms with van der Waals surface area (Å²) >= 11 is 5.85. The van der Waals surface area contributed by atoms with Crippen molar-refractivity contribution >= 4 is 33.2 Å². The molecule has 1 fully saturated rings. The maximum Gasteiger partial charge on any atom is 0.243 e. The van der Waals surface area contributed by atoms with Gasteiger partial charge in [-0.25, -0.2) is 8.42 Å². The molecule has 0 aliphatic carbocycles. The van der Waals surface area contributed by atoms with Crippen molar-refractivity contribution in [3.8, 4) is 5.75 Å². The van der Waals surface area contributed by atoms with Gasteiger partial charge in [0, 0.05) is 23.8 Å². The van der Waals surface area contributed by atoms with Gasteiger partial charge in [0.15, 0.2) is 0 Å². The summed E-state index contributed by atoms with van der Waals surface area (Å²) in [5.74, 6) is 0.0732. The van der Waals surface area contributed by atoms with Crippen molar-refractivity contribution in [3.05, 3.63) is 66.2 Å². The monoisotopic (exact) mass is 434 g/mol. The summed E-state index contributed by atoms with van der Waals surface area (Å²) in [6.45, 7) is 4.55. The van der Waals surface area contributed by atoms with E-state index in [1.54, 1.807) is 42.5 Å². The molecule has 0 unspecified atom stereocenters. The van der Waals surface area contributed by atoms with Gasteiger partial charge in [-0.05, 0) is 61.4 Å². The van der Waals surface area contributed by atoms with Gasteiger partial charge in [-0.3, -0.25) is 4.79 Å². The highest BCUT2D eigenvalue weighted by atomic mass is 35.5. The minimum Gasteiger partial charge on any atom is -0.490 e. The fourth-order valence-corrected chi connectivity index (χ4v) is 4.81. The number of hydrogen-bond donors (Lipinski definition) is 1. The lowest BCUT2D eigenvalue weighted by molar-refractivity contribution is -0.120. The van der Waals surface area contributed by atoms with Crippen LogP contribution in [0, 0.1) is 5.92 Å². The number of carbonyl (C=O) groups excluding carboxylic acids is 1. The zero-order valence-electron chi connectivity index (χ0n) is 15.9. The van der Waals surface area contributed by atoms with Crippen LogP contribution >= 0.6 is 11.6 Å². The highest BCUT2D eigenvalue weighted by Gasteiger charge is 2.33. The molecule has 1 aliphatic heterocycles. The van der Waals surface area contributed by atoms with E-state index in [-0.39, 0.29) is 17.3 Å². The number of rotatable bonds is 7. The quantitative estimate of drug-likeness (QED) is 0.669. The molecule has 6 nitrogen and oxygen atoms in total. The maximum atomic E-state index is 12.9. The molecule has 0 bridgehead atoms. The number of halogens is 1. The van der Waals surface area contributed by atoms with Crippen LogP contribution in [0.25, 0.3) is 0 Å². The normalized spacial score (nSPS) is 17.5. The first-order chi connectivity index (χ1) is 13.9. The lowest BCUT2D eigenvalue weighted by atomic mass is 9.99. The van der Waals surface area contributed by atoms with E-state index in [0.717, 1.165) is 0 Å². The number of carbonyl (C=O) groups is 1. The van der Waals surface area contributed by atoms with Crippen LogP contribution in [-0.4, -0.2) is 38.3 Å². The van der Waals surface area contributed by atoms with Crippen LogP contribution in [0.15, 0.2) is 66.1 Å². The van der Waals surface area contributed by atoms with Gasteiger partial charge in [0.25, 0.3) is 0 Å². The van der Waals surface area contributed by atoms with E-state index in [2.05, 4.69) is 11.9 Å². The van der Waals surface area contributed by atoms with Gasteiger partial charge >= 0.3 is 0 Å². The van der Waals surface area contributed by atoms with Gasteiger partial charge in [0.2, 0.25) is 15.9 Å². The van der Waals surface area contributed by atoms with Crippen LogP contribution in [-0.2, 0) is 14.8 Å². The summed E-state index contributed by atoms with van der Waals surface area (Å²) in [7, 11) is -3.66. The van der Waals surface area contributed by atoms with Crippen LogP contribution in [0.1, 0.15) is 12.8 Å². The van der Waals surface area contributed by atoms with Gasteiger partial charge in [0.05, 0.1) is 10.8 Å². The number of sulfonamides is 1. The predicted octanol–water partition coefficient (Wildman–Crippen LogP) is 3.94. The molecule has 154 valence electrons. The average molecular weight is 435 g/mol. The summed E-state index contributed by atoms with van der Waals surface area (Å²) in [6, 6.07) is 13.1. The number of nitrogens with one attached hydrogen (secondary N) is 1. The standard InChI is InChI=1S/C21H23ClN2O4S/c1-2-14-28-19-9-7-18(8-10-19)23-21(25)16-4-3-13-24(15-16)29(26,27)20-11-5-17(22)6-12-20/h2,5-12,16H,1,3-4,13-15H2,(H,23,25)/t16-/m1/s1. The molecule has 1 saturated heterocycles. The van der Waals surface area contributed by atoms with E-state index < -0.39 is 15.9 Å². The summed E-state index contributed by atoms with van der Waals surface area (Å²) in [6.07, 6.45) is 2.92. The van der Waals surface area contributed by atoms with Gasteiger partial charge in [-0.1, -0.05) is 24.3 Å². The van der Waals surface area contributed by atoms with E-state index >= 15 is 0 Å². The zero-order valence-corrected chi connectivity index (χ0v) is 17.5. The molecule has 2 aromatic carbocycles. The molecule has 0 aromatic heterocycles. The third-order valence-electron chi connectivity index (χ3n) is 4.70. The topological polar surface area (TPSA) is 75.7 Å². The smallest absolute Gasteiger partial charge is 0.243 e. The molecule has 0 radical (unpaired) electrons. The van der Waals surface area contributed by atoms with E-state index in [0.29, 0.717) is 42.5 Å². The Morgan fingerprint density at radius 1 is 1.21 bits per heavy atom. The SMILES string of the molecule is C=CCOc1ccc(NC(=O)[C@@H]2CCCN(S(=O)(=O)c3ccc(Cl)cc3)C2)cc1. The van der Waals surface area contributed by atoms with Gasteiger partial charge < -0.3 is 10.1 Å². The van der Waals surface area contributed by atoms with E-state index in [9.17, 15) is 13.2 Å². The van der Waals surface area contributed by atoms with Crippen LogP contribution < -0.4 is 10.1 Å². The van der Waals surface area contributed by atoms with E-state index in [1.807, 2.05) is 0 Å². The van der Waals surface area contributed by atoms with Gasteiger partial charge in [-0.2, -0.15) is 4.31 Å². The third-order valence-corrected chi connectivity index (χ3v) is 6.83. The molecule has 1 aliphatic rings. The largest absolute Gasteiger partial charge is 0.490 e. The summed E-state index contributed by atoms with van der Waals surface area (Å²) in [4.78, 5) is 12.9.